The highest BCUT2D eigenvalue weighted by atomic mass is 32.1. The van der Waals surface area contributed by atoms with Gasteiger partial charge in [-0.05, 0) is 31.9 Å². The third kappa shape index (κ3) is 2.40. The fraction of sp³-hybridized carbons (Fsp3) is 0.333. The molecule has 4 heteroatoms. The molecule has 3 rings (SSSR count). The van der Waals surface area contributed by atoms with E-state index in [1.54, 1.807) is 0 Å². The summed E-state index contributed by atoms with van der Waals surface area (Å²) in [5.74, 6) is 0.511. The molecule has 0 amide bonds. The maximum atomic E-state index is 11.1. The van der Waals surface area contributed by atoms with Crippen molar-refractivity contribution in [1.82, 2.24) is 4.98 Å². The fourth-order valence-corrected chi connectivity index (χ4v) is 3.04. The Kier molecular flexibility index (Phi) is 3.11. The molecule has 1 aromatic carbocycles. The minimum absolute atomic E-state index is 0.511. The number of thiazole rings is 1. The van der Waals surface area contributed by atoms with Crippen molar-refractivity contribution in [2.24, 2.45) is 0 Å². The summed E-state index contributed by atoms with van der Waals surface area (Å²) in [6, 6.07) is 8.33. The molecule has 1 heterocycles. The topological polar surface area (TPSA) is 33.2 Å². The van der Waals surface area contributed by atoms with E-state index in [-0.39, 0.29) is 0 Å². The average Bonchev–Trinajstić information content (AvgIpc) is 3.18. The van der Waals surface area contributed by atoms with E-state index in [4.69, 9.17) is 0 Å². The molecule has 1 aliphatic rings. The van der Waals surface area contributed by atoms with E-state index in [0.29, 0.717) is 5.92 Å². The lowest BCUT2D eigenvalue weighted by Gasteiger charge is -2.15. The van der Waals surface area contributed by atoms with Crippen molar-refractivity contribution in [3.63, 3.8) is 0 Å². The summed E-state index contributed by atoms with van der Waals surface area (Å²) in [7, 11) is 1.99. The van der Waals surface area contributed by atoms with Crippen LogP contribution in [-0.2, 0) is 0 Å². The second-order valence-corrected chi connectivity index (χ2v) is 6.04. The molecule has 2 aromatic rings. The number of hydrogen-bond donors (Lipinski definition) is 0. The zero-order valence-electron chi connectivity index (χ0n) is 11.1. The normalized spacial score (nSPS) is 14.4. The molecule has 0 aliphatic heterocycles. The molecule has 1 fully saturated rings. The van der Waals surface area contributed by atoms with Gasteiger partial charge < -0.3 is 4.90 Å². The number of anilines is 2. The van der Waals surface area contributed by atoms with Crippen LogP contribution in [0.3, 0.4) is 0 Å². The van der Waals surface area contributed by atoms with Crippen molar-refractivity contribution in [1.29, 1.82) is 0 Å². The molecule has 1 aliphatic carbocycles. The van der Waals surface area contributed by atoms with Gasteiger partial charge in [-0.1, -0.05) is 29.0 Å². The molecule has 1 saturated carbocycles. The molecule has 0 spiro atoms. The van der Waals surface area contributed by atoms with Crippen molar-refractivity contribution in [2.75, 3.05) is 11.9 Å². The van der Waals surface area contributed by atoms with Crippen molar-refractivity contribution in [3.8, 4) is 0 Å². The molecule has 0 bridgehead atoms. The first kappa shape index (κ1) is 12.4. The van der Waals surface area contributed by atoms with Gasteiger partial charge in [-0.3, -0.25) is 4.79 Å². The lowest BCUT2D eigenvalue weighted by molar-refractivity contribution is 0.112. The second kappa shape index (κ2) is 4.78. The second-order valence-electron chi connectivity index (χ2n) is 5.03. The summed E-state index contributed by atoms with van der Waals surface area (Å²) < 4.78 is 0. The largest absolute Gasteiger partial charge is 0.321 e. The van der Waals surface area contributed by atoms with Crippen molar-refractivity contribution in [3.05, 3.63) is 40.4 Å². The SMILES string of the molecule is Cc1ccc(N(C)c2nc(C3CC3)c(C=O)s2)cc1. The number of aromatic nitrogens is 1. The van der Waals surface area contributed by atoms with Gasteiger partial charge in [-0.15, -0.1) is 0 Å². The van der Waals surface area contributed by atoms with Gasteiger partial charge in [0.1, 0.15) is 0 Å². The van der Waals surface area contributed by atoms with E-state index < -0.39 is 0 Å². The number of aldehydes is 1. The zero-order chi connectivity index (χ0) is 13.4. The number of rotatable bonds is 4. The Morgan fingerprint density at radius 1 is 1.32 bits per heavy atom. The predicted molar refractivity (Wildman–Crippen MR) is 78.7 cm³/mol. The van der Waals surface area contributed by atoms with Crippen molar-refractivity contribution < 1.29 is 4.79 Å². The highest BCUT2D eigenvalue weighted by Crippen LogP contribution is 2.44. The van der Waals surface area contributed by atoms with E-state index in [1.165, 1.54) is 16.9 Å². The van der Waals surface area contributed by atoms with Crippen LogP contribution in [0.15, 0.2) is 24.3 Å². The standard InChI is InChI=1S/C15H16N2OS/c1-10-3-7-12(8-4-10)17(2)15-16-14(11-5-6-11)13(9-18)19-15/h3-4,7-9,11H,5-6H2,1-2H3. The average molecular weight is 272 g/mol. The van der Waals surface area contributed by atoms with Crippen LogP contribution in [-0.4, -0.2) is 18.3 Å². The maximum absolute atomic E-state index is 11.1. The van der Waals surface area contributed by atoms with E-state index in [0.717, 1.165) is 40.5 Å². The monoisotopic (exact) mass is 272 g/mol. The van der Waals surface area contributed by atoms with Gasteiger partial charge in [0, 0.05) is 18.7 Å². The summed E-state index contributed by atoms with van der Waals surface area (Å²) >= 11 is 1.48. The molecular weight excluding hydrogens is 256 g/mol. The minimum atomic E-state index is 0.511. The summed E-state index contributed by atoms with van der Waals surface area (Å²) in [6.07, 6.45) is 3.27. The molecule has 3 nitrogen and oxygen atoms in total. The Labute approximate surface area is 116 Å². The van der Waals surface area contributed by atoms with E-state index in [1.807, 2.05) is 11.9 Å². The minimum Gasteiger partial charge on any atom is -0.321 e. The van der Waals surface area contributed by atoms with Gasteiger partial charge in [0.15, 0.2) is 11.4 Å². The van der Waals surface area contributed by atoms with Crippen LogP contribution < -0.4 is 4.90 Å². The van der Waals surface area contributed by atoms with Gasteiger partial charge in [-0.2, -0.15) is 0 Å². The zero-order valence-corrected chi connectivity index (χ0v) is 11.9. The summed E-state index contributed by atoms with van der Waals surface area (Å²) in [5, 5.41) is 0.896. The van der Waals surface area contributed by atoms with Gasteiger partial charge >= 0.3 is 0 Å². The Morgan fingerprint density at radius 2 is 2.00 bits per heavy atom. The molecule has 0 unspecified atom stereocenters. The quantitative estimate of drug-likeness (QED) is 0.791. The number of benzene rings is 1. The molecule has 0 atom stereocenters. The van der Waals surface area contributed by atoms with Gasteiger partial charge in [-0.25, -0.2) is 4.98 Å². The predicted octanol–water partition coefficient (Wildman–Crippen LogP) is 3.91. The van der Waals surface area contributed by atoms with Gasteiger partial charge in [0.25, 0.3) is 0 Å². The first-order valence-corrected chi connectivity index (χ1v) is 7.27. The van der Waals surface area contributed by atoms with Crippen LogP contribution in [0.2, 0.25) is 0 Å². The number of hydrogen-bond acceptors (Lipinski definition) is 4. The number of nitrogens with zero attached hydrogens (tertiary/aromatic N) is 2. The molecule has 19 heavy (non-hydrogen) atoms. The van der Waals surface area contributed by atoms with Crippen LogP contribution in [0.4, 0.5) is 10.8 Å². The van der Waals surface area contributed by atoms with Crippen molar-refractivity contribution >= 4 is 28.4 Å². The van der Waals surface area contributed by atoms with E-state index in [9.17, 15) is 4.79 Å². The number of carbonyl (C=O) groups excluding carboxylic acids is 1. The Balaban J connectivity index is 1.92. The molecule has 0 saturated heterocycles. The summed E-state index contributed by atoms with van der Waals surface area (Å²) in [5.41, 5.74) is 3.33. The summed E-state index contributed by atoms with van der Waals surface area (Å²) in [4.78, 5) is 18.6. The molecule has 98 valence electrons. The molecule has 0 N–H and O–H groups in total. The third-order valence-electron chi connectivity index (χ3n) is 3.45. The smallest absolute Gasteiger partial charge is 0.190 e. The van der Waals surface area contributed by atoms with Crippen LogP contribution in [0.25, 0.3) is 0 Å². The lowest BCUT2D eigenvalue weighted by Crippen LogP contribution is -2.08. The van der Waals surface area contributed by atoms with Crippen molar-refractivity contribution in [2.45, 2.75) is 25.7 Å². The third-order valence-corrected chi connectivity index (χ3v) is 4.52. The summed E-state index contributed by atoms with van der Waals surface area (Å²) in [6.45, 7) is 2.07. The fourth-order valence-electron chi connectivity index (χ4n) is 2.09. The lowest BCUT2D eigenvalue weighted by atomic mass is 10.2. The Hall–Kier alpha value is -1.68. The van der Waals surface area contributed by atoms with Crippen LogP contribution in [0.1, 0.15) is 39.7 Å². The van der Waals surface area contributed by atoms with E-state index >= 15 is 0 Å². The van der Waals surface area contributed by atoms with E-state index in [2.05, 4.69) is 36.2 Å². The highest BCUT2D eigenvalue weighted by molar-refractivity contribution is 7.17. The van der Waals surface area contributed by atoms with Crippen LogP contribution in [0, 0.1) is 6.92 Å². The molecule has 0 radical (unpaired) electrons. The first-order valence-electron chi connectivity index (χ1n) is 6.45. The van der Waals surface area contributed by atoms with Gasteiger partial charge in [0.2, 0.25) is 0 Å². The number of aryl methyl sites for hydroxylation is 1. The highest BCUT2D eigenvalue weighted by Gasteiger charge is 2.30. The maximum Gasteiger partial charge on any atom is 0.190 e. The van der Waals surface area contributed by atoms with Crippen LogP contribution in [0.5, 0.6) is 0 Å². The Bertz CT molecular complexity index is 599. The molecule has 1 aromatic heterocycles. The first-order chi connectivity index (χ1) is 9.19. The Morgan fingerprint density at radius 3 is 2.58 bits per heavy atom. The number of carbonyl (C=O) groups is 1. The molecular formula is C15H16N2OS. The van der Waals surface area contributed by atoms with Gasteiger partial charge in [0.05, 0.1) is 10.6 Å². The van der Waals surface area contributed by atoms with Crippen LogP contribution >= 0.6 is 11.3 Å².